The van der Waals surface area contributed by atoms with Gasteiger partial charge in [0.15, 0.2) is 0 Å². The Hall–Kier alpha value is -1.37. The lowest BCUT2D eigenvalue weighted by Gasteiger charge is -2.19. The second-order valence-electron chi connectivity index (χ2n) is 4.88. The Bertz CT molecular complexity index is 617. The van der Waals surface area contributed by atoms with Crippen LogP contribution >= 0.6 is 11.6 Å². The average Bonchev–Trinajstić information content (AvgIpc) is 2.43. The second-order valence-corrected chi connectivity index (χ2v) is 7.30. The van der Waals surface area contributed by atoms with Gasteiger partial charge < -0.3 is 5.32 Å². The van der Waals surface area contributed by atoms with Crippen molar-refractivity contribution < 1.29 is 13.2 Å². The maximum Gasteiger partial charge on any atom is 0.221 e. The Kier molecular flexibility index (Phi) is 7.58. The summed E-state index contributed by atoms with van der Waals surface area (Å²) in [6, 6.07) is 7.29. The summed E-state index contributed by atoms with van der Waals surface area (Å²) in [6.45, 7) is 4.35. The van der Waals surface area contributed by atoms with Gasteiger partial charge in [0.1, 0.15) is 0 Å². The summed E-state index contributed by atoms with van der Waals surface area (Å²) in [5.41, 5.74) is 0.956. The molecular weight excluding hydrogens is 324 g/mol. The van der Waals surface area contributed by atoms with E-state index in [9.17, 15) is 13.2 Å². The van der Waals surface area contributed by atoms with E-state index < -0.39 is 10.0 Å². The maximum absolute atomic E-state index is 11.8. The van der Waals surface area contributed by atoms with Crippen LogP contribution in [0.4, 0.5) is 0 Å². The van der Waals surface area contributed by atoms with Gasteiger partial charge in [0.25, 0.3) is 0 Å². The lowest BCUT2D eigenvalue weighted by Crippen LogP contribution is -2.36. The van der Waals surface area contributed by atoms with Crippen LogP contribution in [0.5, 0.6) is 0 Å². The number of hydrogen-bond acceptors (Lipinski definition) is 3. The molecule has 1 aromatic rings. The van der Waals surface area contributed by atoms with Crippen molar-refractivity contribution in [1.29, 1.82) is 0 Å². The van der Waals surface area contributed by atoms with Gasteiger partial charge in [-0.3, -0.25) is 4.79 Å². The highest BCUT2D eigenvalue weighted by Crippen LogP contribution is 2.12. The van der Waals surface area contributed by atoms with Crippen LogP contribution in [0.15, 0.2) is 36.9 Å². The minimum atomic E-state index is -3.36. The molecule has 0 aliphatic rings. The summed E-state index contributed by atoms with van der Waals surface area (Å²) in [5, 5.41) is 3.24. The number of hydrogen-bond donors (Lipinski definition) is 1. The molecular formula is C15H21ClN2O3S. The van der Waals surface area contributed by atoms with Crippen molar-refractivity contribution in [3.8, 4) is 0 Å². The average molecular weight is 345 g/mol. The highest BCUT2D eigenvalue weighted by Gasteiger charge is 2.17. The molecule has 0 aliphatic carbocycles. The first kappa shape index (κ1) is 18.7. The van der Waals surface area contributed by atoms with Crippen LogP contribution in [0.3, 0.4) is 0 Å². The van der Waals surface area contributed by atoms with E-state index in [1.807, 2.05) is 12.1 Å². The van der Waals surface area contributed by atoms with Crippen molar-refractivity contribution in [2.45, 2.75) is 12.8 Å². The predicted octanol–water partition coefficient (Wildman–Crippen LogP) is 1.84. The molecule has 0 aliphatic heterocycles. The minimum absolute atomic E-state index is 0.121. The van der Waals surface area contributed by atoms with Crippen molar-refractivity contribution in [1.82, 2.24) is 9.62 Å². The van der Waals surface area contributed by atoms with E-state index in [2.05, 4.69) is 11.9 Å². The first-order valence-electron chi connectivity index (χ1n) is 6.90. The molecule has 0 atom stereocenters. The molecule has 5 nitrogen and oxygen atoms in total. The molecule has 0 saturated heterocycles. The Morgan fingerprint density at radius 3 is 2.73 bits per heavy atom. The monoisotopic (exact) mass is 344 g/mol. The molecule has 1 rings (SSSR count). The number of carbonyl (C=O) groups excluding carboxylic acids is 1. The van der Waals surface area contributed by atoms with Gasteiger partial charge in [-0.15, -0.1) is 6.58 Å². The summed E-state index contributed by atoms with van der Waals surface area (Å²) < 4.78 is 24.9. The normalized spacial score (nSPS) is 11.4. The number of benzene rings is 1. The van der Waals surface area contributed by atoms with Gasteiger partial charge >= 0.3 is 0 Å². The number of halogens is 1. The molecule has 122 valence electrons. The zero-order valence-corrected chi connectivity index (χ0v) is 14.2. The van der Waals surface area contributed by atoms with Gasteiger partial charge in [0.05, 0.1) is 6.26 Å². The van der Waals surface area contributed by atoms with E-state index in [0.717, 1.165) is 11.8 Å². The molecule has 0 unspecified atom stereocenters. The summed E-state index contributed by atoms with van der Waals surface area (Å²) in [7, 11) is -3.36. The molecule has 1 N–H and O–H groups in total. The fourth-order valence-corrected chi connectivity index (χ4v) is 2.95. The van der Waals surface area contributed by atoms with Gasteiger partial charge in [-0.25, -0.2) is 12.7 Å². The fourth-order valence-electron chi connectivity index (χ4n) is 1.89. The fraction of sp³-hybridized carbons (Fsp3) is 0.400. The van der Waals surface area contributed by atoms with E-state index in [-0.39, 0.29) is 18.9 Å². The SMILES string of the molecule is C=CCNC(=O)CCN(CCc1cccc(Cl)c1)S(C)(=O)=O. The molecule has 0 radical (unpaired) electrons. The lowest BCUT2D eigenvalue weighted by atomic mass is 10.1. The summed E-state index contributed by atoms with van der Waals surface area (Å²) in [4.78, 5) is 11.6. The van der Waals surface area contributed by atoms with E-state index >= 15 is 0 Å². The Labute approximate surface area is 137 Å². The highest BCUT2D eigenvalue weighted by atomic mass is 35.5. The Morgan fingerprint density at radius 1 is 1.41 bits per heavy atom. The first-order chi connectivity index (χ1) is 10.3. The van der Waals surface area contributed by atoms with Crippen LogP contribution in [0.2, 0.25) is 5.02 Å². The van der Waals surface area contributed by atoms with Crippen molar-refractivity contribution in [2.24, 2.45) is 0 Å². The van der Waals surface area contributed by atoms with E-state index in [1.54, 1.807) is 18.2 Å². The molecule has 1 amide bonds. The van der Waals surface area contributed by atoms with Crippen LogP contribution < -0.4 is 5.32 Å². The van der Waals surface area contributed by atoms with Gasteiger partial charge in [-0.05, 0) is 24.1 Å². The van der Waals surface area contributed by atoms with Gasteiger partial charge in [0.2, 0.25) is 15.9 Å². The van der Waals surface area contributed by atoms with E-state index in [1.165, 1.54) is 4.31 Å². The van der Waals surface area contributed by atoms with Crippen LogP contribution in [0.1, 0.15) is 12.0 Å². The lowest BCUT2D eigenvalue weighted by molar-refractivity contribution is -0.120. The molecule has 0 heterocycles. The number of carbonyl (C=O) groups is 1. The number of rotatable bonds is 9. The number of nitrogens with zero attached hydrogens (tertiary/aromatic N) is 1. The third-order valence-corrected chi connectivity index (χ3v) is 4.58. The standard InChI is InChI=1S/C15H21ClN2O3S/c1-3-9-17-15(19)8-11-18(22(2,20)21)10-7-13-5-4-6-14(16)12-13/h3-6,12H,1,7-11H2,2H3,(H,17,19). The quantitative estimate of drug-likeness (QED) is 0.695. The maximum atomic E-state index is 11.8. The van der Waals surface area contributed by atoms with Crippen LogP contribution in [0, 0.1) is 0 Å². The highest BCUT2D eigenvalue weighted by molar-refractivity contribution is 7.88. The third-order valence-electron chi connectivity index (χ3n) is 3.04. The van der Waals surface area contributed by atoms with E-state index in [0.29, 0.717) is 24.5 Å². The second kappa shape index (κ2) is 8.92. The Morgan fingerprint density at radius 2 is 2.14 bits per heavy atom. The van der Waals surface area contributed by atoms with Crippen molar-refractivity contribution in [2.75, 3.05) is 25.9 Å². The summed E-state index contributed by atoms with van der Waals surface area (Å²) >= 11 is 5.91. The molecule has 1 aromatic carbocycles. The molecule has 0 bridgehead atoms. The van der Waals surface area contributed by atoms with Crippen molar-refractivity contribution in [3.05, 3.63) is 47.5 Å². The van der Waals surface area contributed by atoms with Gasteiger partial charge in [-0.1, -0.05) is 29.8 Å². The third kappa shape index (κ3) is 7.06. The summed E-state index contributed by atoms with van der Waals surface area (Å²) in [6.07, 6.45) is 3.39. The number of amides is 1. The topological polar surface area (TPSA) is 66.5 Å². The van der Waals surface area contributed by atoms with Crippen molar-refractivity contribution >= 4 is 27.5 Å². The molecule has 0 aromatic heterocycles. The number of nitrogens with one attached hydrogen (secondary N) is 1. The molecule has 0 fully saturated rings. The smallest absolute Gasteiger partial charge is 0.221 e. The van der Waals surface area contributed by atoms with Crippen LogP contribution in [0.25, 0.3) is 0 Å². The van der Waals surface area contributed by atoms with Crippen LogP contribution in [-0.4, -0.2) is 44.5 Å². The van der Waals surface area contributed by atoms with Gasteiger partial charge in [-0.2, -0.15) is 0 Å². The van der Waals surface area contributed by atoms with E-state index in [4.69, 9.17) is 11.6 Å². The first-order valence-corrected chi connectivity index (χ1v) is 9.12. The number of sulfonamides is 1. The minimum Gasteiger partial charge on any atom is -0.353 e. The summed E-state index contributed by atoms with van der Waals surface area (Å²) in [5.74, 6) is -0.198. The zero-order chi connectivity index (χ0) is 16.6. The Balaban J connectivity index is 2.58. The molecule has 22 heavy (non-hydrogen) atoms. The molecule has 0 saturated carbocycles. The molecule has 7 heteroatoms. The largest absolute Gasteiger partial charge is 0.353 e. The molecule has 0 spiro atoms. The zero-order valence-electron chi connectivity index (χ0n) is 12.6. The van der Waals surface area contributed by atoms with Crippen molar-refractivity contribution in [3.63, 3.8) is 0 Å². The van der Waals surface area contributed by atoms with Gasteiger partial charge in [0, 0.05) is 31.1 Å². The van der Waals surface area contributed by atoms with Crippen LogP contribution in [-0.2, 0) is 21.2 Å². The predicted molar refractivity (Wildman–Crippen MR) is 89.4 cm³/mol.